The number of aliphatic imine (C=N–C) groups is 1. The summed E-state index contributed by atoms with van der Waals surface area (Å²) in [5, 5.41) is 6.55. The van der Waals surface area contributed by atoms with E-state index in [4.69, 9.17) is 0 Å². The molecule has 1 heterocycles. The van der Waals surface area contributed by atoms with Crippen LogP contribution in [-0.4, -0.2) is 73.5 Å². The molecular weight excluding hydrogens is 326 g/mol. The summed E-state index contributed by atoms with van der Waals surface area (Å²) < 4.78 is 0. The highest BCUT2D eigenvalue weighted by Gasteiger charge is 2.16. The third kappa shape index (κ3) is 8.88. The van der Waals surface area contributed by atoms with Crippen LogP contribution in [0.5, 0.6) is 0 Å². The highest BCUT2D eigenvalue weighted by molar-refractivity contribution is 5.81. The predicted octanol–water partition coefficient (Wildman–Crippen LogP) is 2.45. The van der Waals surface area contributed by atoms with Gasteiger partial charge in [-0.1, -0.05) is 6.42 Å². The third-order valence-electron chi connectivity index (χ3n) is 5.16. The van der Waals surface area contributed by atoms with E-state index < -0.39 is 0 Å². The molecule has 6 nitrogen and oxygen atoms in total. The van der Waals surface area contributed by atoms with Crippen LogP contribution in [0.15, 0.2) is 4.99 Å². The van der Waals surface area contributed by atoms with Crippen LogP contribution in [0.1, 0.15) is 66.2 Å². The van der Waals surface area contributed by atoms with Crippen LogP contribution >= 0.6 is 0 Å². The van der Waals surface area contributed by atoms with Gasteiger partial charge in [-0.3, -0.25) is 9.79 Å². The van der Waals surface area contributed by atoms with Gasteiger partial charge in [0.2, 0.25) is 5.91 Å². The normalized spacial score (nSPS) is 18.6. The van der Waals surface area contributed by atoms with Crippen molar-refractivity contribution in [3.05, 3.63) is 0 Å². The van der Waals surface area contributed by atoms with Crippen molar-refractivity contribution in [1.82, 2.24) is 20.4 Å². The lowest BCUT2D eigenvalue weighted by atomic mass is 10.0. The van der Waals surface area contributed by atoms with Crippen molar-refractivity contribution in [3.8, 4) is 0 Å². The second-order valence-electron chi connectivity index (χ2n) is 7.09. The van der Waals surface area contributed by atoms with E-state index in [9.17, 15) is 4.79 Å². The number of rotatable bonds is 11. The monoisotopic (exact) mass is 367 g/mol. The summed E-state index contributed by atoms with van der Waals surface area (Å²) in [7, 11) is 0. The maximum Gasteiger partial charge on any atom is 0.224 e. The molecule has 26 heavy (non-hydrogen) atoms. The molecule has 0 aromatic carbocycles. The van der Waals surface area contributed by atoms with Gasteiger partial charge in [0.05, 0.1) is 0 Å². The molecule has 1 amide bonds. The Morgan fingerprint density at radius 3 is 2.58 bits per heavy atom. The Hall–Kier alpha value is -1.30. The lowest BCUT2D eigenvalue weighted by Crippen LogP contribution is -2.40. The van der Waals surface area contributed by atoms with E-state index in [1.807, 2.05) is 18.7 Å². The zero-order valence-electron chi connectivity index (χ0n) is 17.5. The van der Waals surface area contributed by atoms with Crippen molar-refractivity contribution >= 4 is 11.9 Å². The third-order valence-corrected chi connectivity index (χ3v) is 5.16. The first-order chi connectivity index (χ1) is 12.6. The number of amides is 1. The number of likely N-dealkylation sites (tertiary alicyclic amines) is 1. The van der Waals surface area contributed by atoms with Gasteiger partial charge in [0, 0.05) is 45.2 Å². The lowest BCUT2D eigenvalue weighted by molar-refractivity contribution is -0.130. The van der Waals surface area contributed by atoms with Gasteiger partial charge in [0.15, 0.2) is 5.96 Å². The van der Waals surface area contributed by atoms with Crippen molar-refractivity contribution in [1.29, 1.82) is 0 Å². The summed E-state index contributed by atoms with van der Waals surface area (Å²) in [5.74, 6) is 1.03. The average molecular weight is 368 g/mol. The smallest absolute Gasteiger partial charge is 0.224 e. The summed E-state index contributed by atoms with van der Waals surface area (Å²) in [6, 6.07) is 0.745. The zero-order chi connectivity index (χ0) is 19.2. The Morgan fingerprint density at radius 2 is 1.92 bits per heavy atom. The molecule has 1 aliphatic rings. The van der Waals surface area contributed by atoms with Gasteiger partial charge < -0.3 is 20.4 Å². The SMILES string of the molecule is CCNC(=NCCCCN1CCCCC1C)NCCC(=O)N(CC)CC. The minimum Gasteiger partial charge on any atom is -0.357 e. The Bertz CT molecular complexity index is 409. The average Bonchev–Trinajstić information content (AvgIpc) is 2.64. The van der Waals surface area contributed by atoms with E-state index in [1.54, 1.807) is 0 Å². The minimum absolute atomic E-state index is 0.203. The van der Waals surface area contributed by atoms with Crippen molar-refractivity contribution in [2.24, 2.45) is 4.99 Å². The van der Waals surface area contributed by atoms with Crippen LogP contribution in [0.3, 0.4) is 0 Å². The first kappa shape index (κ1) is 22.7. The molecule has 0 bridgehead atoms. The Kier molecular flexibility index (Phi) is 12.1. The summed E-state index contributed by atoms with van der Waals surface area (Å²) in [6.45, 7) is 14.8. The van der Waals surface area contributed by atoms with E-state index in [0.29, 0.717) is 13.0 Å². The molecule has 0 radical (unpaired) electrons. The van der Waals surface area contributed by atoms with Crippen LogP contribution in [-0.2, 0) is 4.79 Å². The summed E-state index contributed by atoms with van der Waals surface area (Å²) in [4.78, 5) is 21.2. The number of carbonyl (C=O) groups excluding carboxylic acids is 1. The number of hydrogen-bond acceptors (Lipinski definition) is 3. The highest BCUT2D eigenvalue weighted by atomic mass is 16.2. The maximum atomic E-state index is 12.0. The van der Waals surface area contributed by atoms with Gasteiger partial charge >= 0.3 is 0 Å². The second kappa shape index (κ2) is 13.8. The van der Waals surface area contributed by atoms with Crippen LogP contribution < -0.4 is 10.6 Å². The minimum atomic E-state index is 0.203. The summed E-state index contributed by atoms with van der Waals surface area (Å²) in [6.07, 6.45) is 6.91. The van der Waals surface area contributed by atoms with E-state index in [1.165, 1.54) is 38.8 Å². The van der Waals surface area contributed by atoms with Crippen LogP contribution in [0.4, 0.5) is 0 Å². The molecule has 0 aromatic rings. The molecule has 6 heteroatoms. The van der Waals surface area contributed by atoms with Crippen molar-refractivity contribution < 1.29 is 4.79 Å². The number of nitrogens with one attached hydrogen (secondary N) is 2. The van der Waals surface area contributed by atoms with Gasteiger partial charge in [0.25, 0.3) is 0 Å². The number of carbonyl (C=O) groups is 1. The Labute approximate surface area is 160 Å². The van der Waals surface area contributed by atoms with E-state index >= 15 is 0 Å². The lowest BCUT2D eigenvalue weighted by Gasteiger charge is -2.33. The molecule has 0 aliphatic carbocycles. The second-order valence-corrected chi connectivity index (χ2v) is 7.09. The fourth-order valence-corrected chi connectivity index (χ4v) is 3.47. The molecule has 152 valence electrons. The first-order valence-electron chi connectivity index (χ1n) is 10.7. The molecule has 0 saturated carbocycles. The number of piperidine rings is 1. The summed E-state index contributed by atoms with van der Waals surface area (Å²) in [5.41, 5.74) is 0. The molecule has 1 unspecified atom stereocenters. The quantitative estimate of drug-likeness (QED) is 0.335. The van der Waals surface area contributed by atoms with Crippen LogP contribution in [0, 0.1) is 0 Å². The predicted molar refractivity (Wildman–Crippen MR) is 111 cm³/mol. The molecule has 1 fully saturated rings. The number of hydrogen-bond donors (Lipinski definition) is 2. The molecule has 1 aliphatic heterocycles. The van der Waals surface area contributed by atoms with Gasteiger partial charge in [-0.25, -0.2) is 0 Å². The van der Waals surface area contributed by atoms with Crippen molar-refractivity contribution in [3.63, 3.8) is 0 Å². The van der Waals surface area contributed by atoms with Gasteiger partial charge in [-0.15, -0.1) is 0 Å². The number of unbranched alkanes of at least 4 members (excludes halogenated alkanes) is 1. The molecule has 0 aromatic heterocycles. The van der Waals surface area contributed by atoms with Crippen LogP contribution in [0.25, 0.3) is 0 Å². The van der Waals surface area contributed by atoms with Gasteiger partial charge in [-0.05, 0) is 66.5 Å². The number of nitrogens with zero attached hydrogens (tertiary/aromatic N) is 3. The maximum absolute atomic E-state index is 12.0. The first-order valence-corrected chi connectivity index (χ1v) is 10.7. The molecule has 1 rings (SSSR count). The molecule has 1 atom stereocenters. The van der Waals surface area contributed by atoms with Crippen molar-refractivity contribution in [2.45, 2.75) is 72.3 Å². The fraction of sp³-hybridized carbons (Fsp3) is 0.900. The molecular formula is C20H41N5O. The Morgan fingerprint density at radius 1 is 1.15 bits per heavy atom. The largest absolute Gasteiger partial charge is 0.357 e. The van der Waals surface area contributed by atoms with E-state index in [0.717, 1.165) is 44.6 Å². The van der Waals surface area contributed by atoms with E-state index in [2.05, 4.69) is 34.4 Å². The highest BCUT2D eigenvalue weighted by Crippen LogP contribution is 2.16. The van der Waals surface area contributed by atoms with Gasteiger partial charge in [-0.2, -0.15) is 0 Å². The molecule has 0 spiro atoms. The summed E-state index contributed by atoms with van der Waals surface area (Å²) >= 11 is 0. The van der Waals surface area contributed by atoms with Crippen LogP contribution in [0.2, 0.25) is 0 Å². The molecule has 2 N–H and O–H groups in total. The standard InChI is InChI=1S/C20H41N5O/c1-5-21-20(23-15-13-19(26)24(6-2)7-3)22-14-9-11-17-25-16-10-8-12-18(25)4/h18H,5-17H2,1-4H3,(H2,21,22,23). The van der Waals surface area contributed by atoms with E-state index in [-0.39, 0.29) is 5.91 Å². The van der Waals surface area contributed by atoms with Gasteiger partial charge in [0.1, 0.15) is 0 Å². The Balaban J connectivity index is 2.24. The fourth-order valence-electron chi connectivity index (χ4n) is 3.47. The number of guanidine groups is 1. The topological polar surface area (TPSA) is 60.0 Å². The van der Waals surface area contributed by atoms with Crippen molar-refractivity contribution in [2.75, 3.05) is 45.8 Å². The zero-order valence-corrected chi connectivity index (χ0v) is 17.5. The molecule has 1 saturated heterocycles.